The fourth-order valence-corrected chi connectivity index (χ4v) is 5.31. The molecule has 1 aliphatic heterocycles. The molecule has 2 aromatic carbocycles. The monoisotopic (exact) mass is 592 g/mol. The van der Waals surface area contributed by atoms with E-state index in [4.69, 9.17) is 19.2 Å². The minimum absolute atomic E-state index is 0.0436. The summed E-state index contributed by atoms with van der Waals surface area (Å²) >= 11 is 0. The van der Waals surface area contributed by atoms with E-state index in [1.54, 1.807) is 20.3 Å². The van der Waals surface area contributed by atoms with E-state index in [-0.39, 0.29) is 17.2 Å². The van der Waals surface area contributed by atoms with Gasteiger partial charge in [0.2, 0.25) is 5.88 Å². The summed E-state index contributed by atoms with van der Waals surface area (Å²) in [7, 11) is 3.17. The van der Waals surface area contributed by atoms with Gasteiger partial charge in [-0.15, -0.1) is 0 Å². The average molecular weight is 593 g/mol. The molecule has 0 amide bonds. The van der Waals surface area contributed by atoms with Gasteiger partial charge in [-0.25, -0.2) is 9.97 Å². The van der Waals surface area contributed by atoms with Gasteiger partial charge < -0.3 is 14.2 Å². The Labute approximate surface area is 259 Å². The molecule has 0 fully saturated rings. The summed E-state index contributed by atoms with van der Waals surface area (Å²) in [6.07, 6.45) is 10.5. The number of aryl methyl sites for hydroxylation is 2. The molecule has 1 aliphatic rings. The van der Waals surface area contributed by atoms with E-state index < -0.39 is 0 Å². The number of nitrogens with zero attached hydrogens (tertiary/aromatic N) is 4. The van der Waals surface area contributed by atoms with Crippen molar-refractivity contribution >= 4 is 22.4 Å². The van der Waals surface area contributed by atoms with E-state index in [0.29, 0.717) is 59.7 Å². The number of aromatic nitrogens is 3. The number of hydrogen-bond donors (Lipinski definition) is 0. The number of fused-ring (bicyclic) bond motifs is 1. The maximum absolute atomic E-state index is 13.1. The van der Waals surface area contributed by atoms with E-state index in [1.807, 2.05) is 48.8 Å². The average Bonchev–Trinajstić information content (AvgIpc) is 3.43. The lowest BCUT2D eigenvalue weighted by Gasteiger charge is -2.17. The predicted octanol–water partition coefficient (Wildman–Crippen LogP) is 7.46. The second kappa shape index (κ2) is 13.4. The van der Waals surface area contributed by atoms with E-state index in [9.17, 15) is 4.79 Å². The van der Waals surface area contributed by atoms with Crippen molar-refractivity contribution in [2.45, 2.75) is 65.8 Å². The number of hydrogen-bond acceptors (Lipinski definition) is 8. The Morgan fingerprint density at radius 1 is 0.955 bits per heavy atom. The van der Waals surface area contributed by atoms with Gasteiger partial charge >= 0.3 is 0 Å². The zero-order chi connectivity index (χ0) is 31.3. The number of rotatable bonds is 12. The molecule has 0 saturated carbocycles. The smallest absolute Gasteiger partial charge is 0.230 e. The predicted molar refractivity (Wildman–Crippen MR) is 173 cm³/mol. The van der Waals surface area contributed by atoms with E-state index in [1.165, 1.54) is 23.0 Å². The first-order chi connectivity index (χ1) is 21.1. The van der Waals surface area contributed by atoms with Crippen molar-refractivity contribution in [2.75, 3.05) is 14.2 Å². The van der Waals surface area contributed by atoms with Crippen LogP contribution in [0.5, 0.6) is 23.1 Å². The molecule has 44 heavy (non-hydrogen) atoms. The molecule has 8 heteroatoms. The Morgan fingerprint density at radius 2 is 1.73 bits per heavy atom. The standard InChI is InChI=1S/C36H40N4O4/c1-23-14-15-37-21-26(23)17-30-25(18-34(40-30)36(2,3)4)11-13-27(41)12-10-24-8-7-9-28(16-24)44-35-29-19-32(42-5)33(43-6)20-31(29)38-22-39-35/h7-9,14-16,18-22,30H,10-13,17H2,1-6H3. The highest BCUT2D eigenvalue weighted by Gasteiger charge is 2.28. The van der Waals surface area contributed by atoms with Crippen molar-refractivity contribution in [2.24, 2.45) is 10.4 Å². The maximum atomic E-state index is 13.1. The lowest BCUT2D eigenvalue weighted by Crippen LogP contribution is -2.17. The third-order valence-corrected chi connectivity index (χ3v) is 7.98. The van der Waals surface area contributed by atoms with E-state index in [0.717, 1.165) is 17.7 Å². The van der Waals surface area contributed by atoms with Crippen molar-refractivity contribution in [3.8, 4) is 23.1 Å². The summed E-state index contributed by atoms with van der Waals surface area (Å²) < 4.78 is 17.0. The van der Waals surface area contributed by atoms with Gasteiger partial charge in [0, 0.05) is 48.8 Å². The topological polar surface area (TPSA) is 95.8 Å². The molecule has 0 radical (unpaired) electrons. The first-order valence-electron chi connectivity index (χ1n) is 15.0. The SMILES string of the molecule is COc1cc2ncnc(Oc3cccc(CCC(=O)CCC4=CC(C(C)(C)C)=NC4Cc4cnccc4C)c3)c2cc1OC. The van der Waals surface area contributed by atoms with Crippen LogP contribution in [0.25, 0.3) is 10.9 Å². The molecule has 8 nitrogen and oxygen atoms in total. The van der Waals surface area contributed by atoms with Crippen molar-refractivity contribution < 1.29 is 19.0 Å². The molecule has 2 aromatic heterocycles. The van der Waals surface area contributed by atoms with Gasteiger partial charge in [-0.3, -0.25) is 14.8 Å². The summed E-state index contributed by atoms with van der Waals surface area (Å²) in [6, 6.07) is 13.5. The first-order valence-corrected chi connectivity index (χ1v) is 15.0. The molecule has 228 valence electrons. The van der Waals surface area contributed by atoms with Crippen molar-refractivity contribution in [1.29, 1.82) is 0 Å². The second-order valence-electron chi connectivity index (χ2n) is 12.2. The molecular formula is C36H40N4O4. The third-order valence-electron chi connectivity index (χ3n) is 7.98. The van der Waals surface area contributed by atoms with Crippen LogP contribution in [-0.2, 0) is 17.6 Å². The minimum atomic E-state index is -0.0436. The number of ketones is 1. The molecule has 1 unspecified atom stereocenters. The van der Waals surface area contributed by atoms with Crippen LogP contribution in [-0.4, -0.2) is 46.7 Å². The Balaban J connectivity index is 1.21. The molecular weight excluding hydrogens is 552 g/mol. The second-order valence-corrected chi connectivity index (χ2v) is 12.2. The number of ether oxygens (including phenoxy) is 3. The normalized spacial score (nSPS) is 14.7. The van der Waals surface area contributed by atoms with Crippen LogP contribution in [0.2, 0.25) is 0 Å². The third kappa shape index (κ3) is 7.30. The number of benzene rings is 2. The highest BCUT2D eigenvalue weighted by atomic mass is 16.5. The van der Waals surface area contributed by atoms with Gasteiger partial charge in [-0.05, 0) is 72.4 Å². The molecule has 5 rings (SSSR count). The van der Waals surface area contributed by atoms with Gasteiger partial charge in [0.25, 0.3) is 0 Å². The number of allylic oxidation sites excluding steroid dienone is 1. The summed E-state index contributed by atoms with van der Waals surface area (Å²) in [5.74, 6) is 2.45. The molecule has 3 heterocycles. The van der Waals surface area contributed by atoms with Gasteiger partial charge in [-0.1, -0.05) is 32.9 Å². The van der Waals surface area contributed by atoms with Crippen molar-refractivity contribution in [1.82, 2.24) is 15.0 Å². The molecule has 1 atom stereocenters. The zero-order valence-corrected chi connectivity index (χ0v) is 26.4. The summed E-state index contributed by atoms with van der Waals surface area (Å²) in [4.78, 5) is 31.2. The van der Waals surface area contributed by atoms with Gasteiger partial charge in [0.05, 0.1) is 31.2 Å². The highest BCUT2D eigenvalue weighted by Crippen LogP contribution is 2.36. The number of carbonyl (C=O) groups excluding carboxylic acids is 1. The zero-order valence-electron chi connectivity index (χ0n) is 26.4. The Morgan fingerprint density at radius 3 is 2.48 bits per heavy atom. The van der Waals surface area contributed by atoms with Crippen molar-refractivity contribution in [3.05, 3.63) is 89.5 Å². The number of pyridine rings is 1. The van der Waals surface area contributed by atoms with Crippen molar-refractivity contribution in [3.63, 3.8) is 0 Å². The van der Waals surface area contributed by atoms with Crippen LogP contribution in [0, 0.1) is 12.3 Å². The Hall–Kier alpha value is -4.59. The Kier molecular flexibility index (Phi) is 9.37. The number of aliphatic imine (C=N–C) groups is 1. The summed E-state index contributed by atoms with van der Waals surface area (Å²) in [5, 5.41) is 0.711. The van der Waals surface area contributed by atoms with Crippen LogP contribution < -0.4 is 14.2 Å². The lowest BCUT2D eigenvalue weighted by molar-refractivity contribution is -0.119. The van der Waals surface area contributed by atoms with Crippen LogP contribution >= 0.6 is 0 Å². The van der Waals surface area contributed by atoms with E-state index in [2.05, 4.69) is 48.7 Å². The molecule has 4 aromatic rings. The highest BCUT2D eigenvalue weighted by molar-refractivity contribution is 6.01. The number of Topliss-reactive ketones (excluding diaryl/α,β-unsaturated/α-hetero) is 1. The van der Waals surface area contributed by atoms with Gasteiger partial charge in [0.15, 0.2) is 11.5 Å². The largest absolute Gasteiger partial charge is 0.493 e. The summed E-state index contributed by atoms with van der Waals surface area (Å²) in [5.41, 5.74) is 6.41. The number of carbonyl (C=O) groups is 1. The summed E-state index contributed by atoms with van der Waals surface area (Å²) in [6.45, 7) is 8.66. The van der Waals surface area contributed by atoms with Crippen LogP contribution in [0.4, 0.5) is 0 Å². The van der Waals surface area contributed by atoms with E-state index >= 15 is 0 Å². The van der Waals surface area contributed by atoms with Crippen LogP contribution in [0.3, 0.4) is 0 Å². The molecule has 0 saturated heterocycles. The fourth-order valence-electron chi connectivity index (χ4n) is 5.31. The van der Waals surface area contributed by atoms with Gasteiger partial charge in [-0.2, -0.15) is 0 Å². The quantitative estimate of drug-likeness (QED) is 0.168. The molecule has 0 aliphatic carbocycles. The molecule has 0 N–H and O–H groups in total. The molecule has 0 spiro atoms. The fraction of sp³-hybridized carbons (Fsp3) is 0.361. The van der Waals surface area contributed by atoms with Gasteiger partial charge in [0.1, 0.15) is 17.9 Å². The number of methoxy groups -OCH3 is 2. The lowest BCUT2D eigenvalue weighted by atomic mass is 9.89. The Bertz CT molecular complexity index is 1720. The minimum Gasteiger partial charge on any atom is -0.493 e. The van der Waals surface area contributed by atoms with Crippen LogP contribution in [0.1, 0.15) is 56.7 Å². The van der Waals surface area contributed by atoms with Crippen LogP contribution in [0.15, 0.2) is 77.8 Å². The first kappa shape index (κ1) is 30.9. The maximum Gasteiger partial charge on any atom is 0.230 e. The molecule has 0 bridgehead atoms.